The van der Waals surface area contributed by atoms with Crippen LogP contribution in [-0.2, 0) is 13.7 Å². The van der Waals surface area contributed by atoms with E-state index in [2.05, 4.69) is 0 Å². The predicted octanol–water partition coefficient (Wildman–Crippen LogP) is 3.59. The Labute approximate surface area is 126 Å². The molecular formula is C17H14FNO3. The Bertz CT molecular complexity index is 837. The number of aromatic nitrogens is 1. The topological polar surface area (TPSA) is 51.5 Å². The molecule has 0 atom stereocenters. The van der Waals surface area contributed by atoms with E-state index in [0.29, 0.717) is 5.75 Å². The van der Waals surface area contributed by atoms with Gasteiger partial charge in [0.15, 0.2) is 0 Å². The highest BCUT2D eigenvalue weighted by Crippen LogP contribution is 2.24. The summed E-state index contributed by atoms with van der Waals surface area (Å²) >= 11 is 0. The number of fused-ring (bicyclic) bond motifs is 1. The minimum absolute atomic E-state index is 0.238. The maximum atomic E-state index is 12.9. The summed E-state index contributed by atoms with van der Waals surface area (Å²) in [5.74, 6) is -0.715. The van der Waals surface area contributed by atoms with Crippen LogP contribution in [0.15, 0.2) is 48.7 Å². The molecule has 0 bridgehead atoms. The second kappa shape index (κ2) is 5.52. The monoisotopic (exact) mass is 299 g/mol. The molecular weight excluding hydrogens is 285 g/mol. The fourth-order valence-corrected chi connectivity index (χ4v) is 2.41. The van der Waals surface area contributed by atoms with Crippen LogP contribution in [0.25, 0.3) is 10.9 Å². The van der Waals surface area contributed by atoms with Crippen molar-refractivity contribution in [2.45, 2.75) is 6.61 Å². The van der Waals surface area contributed by atoms with Crippen molar-refractivity contribution in [1.29, 1.82) is 0 Å². The molecule has 0 saturated carbocycles. The van der Waals surface area contributed by atoms with Gasteiger partial charge in [-0.3, -0.25) is 0 Å². The van der Waals surface area contributed by atoms with Crippen LogP contribution in [0.1, 0.15) is 15.9 Å². The maximum absolute atomic E-state index is 12.9. The van der Waals surface area contributed by atoms with Crippen molar-refractivity contribution in [2.75, 3.05) is 0 Å². The van der Waals surface area contributed by atoms with Crippen LogP contribution in [0.5, 0.6) is 5.75 Å². The van der Waals surface area contributed by atoms with Crippen LogP contribution < -0.4 is 4.74 Å². The van der Waals surface area contributed by atoms with E-state index in [4.69, 9.17) is 9.84 Å². The number of rotatable bonds is 4. The van der Waals surface area contributed by atoms with Crippen LogP contribution in [-0.4, -0.2) is 15.6 Å². The van der Waals surface area contributed by atoms with Gasteiger partial charge in [-0.15, -0.1) is 0 Å². The van der Waals surface area contributed by atoms with Gasteiger partial charge in [0.05, 0.1) is 5.56 Å². The fraction of sp³-hybridized carbons (Fsp3) is 0.118. The molecule has 112 valence electrons. The van der Waals surface area contributed by atoms with Crippen molar-refractivity contribution >= 4 is 16.9 Å². The average Bonchev–Trinajstić information content (AvgIpc) is 2.82. The zero-order valence-corrected chi connectivity index (χ0v) is 11.9. The molecule has 22 heavy (non-hydrogen) atoms. The van der Waals surface area contributed by atoms with Crippen molar-refractivity contribution in [1.82, 2.24) is 4.57 Å². The number of benzene rings is 2. The number of carbonyl (C=O) groups is 1. The summed E-state index contributed by atoms with van der Waals surface area (Å²) in [7, 11) is 1.89. The fourth-order valence-electron chi connectivity index (χ4n) is 2.41. The highest BCUT2D eigenvalue weighted by atomic mass is 19.1. The standard InChI is InChI=1S/C17H14FNO3/c1-19-9-12(10-22-14-5-3-13(18)4-6-14)15-8-11(17(20)21)2-7-16(15)19/h2-9H,10H2,1H3,(H,20,21). The molecule has 2 aromatic carbocycles. The second-order valence-electron chi connectivity index (χ2n) is 5.04. The molecule has 0 saturated heterocycles. The van der Waals surface area contributed by atoms with Gasteiger partial charge in [0, 0.05) is 29.7 Å². The van der Waals surface area contributed by atoms with E-state index in [9.17, 15) is 9.18 Å². The van der Waals surface area contributed by atoms with Crippen LogP contribution in [0.3, 0.4) is 0 Å². The number of aromatic carboxylic acids is 1. The van der Waals surface area contributed by atoms with Crippen LogP contribution >= 0.6 is 0 Å². The Kier molecular flexibility index (Phi) is 3.55. The summed E-state index contributed by atoms with van der Waals surface area (Å²) in [5, 5.41) is 9.94. The summed E-state index contributed by atoms with van der Waals surface area (Å²) in [4.78, 5) is 11.1. The Morgan fingerprint density at radius 2 is 1.95 bits per heavy atom. The second-order valence-corrected chi connectivity index (χ2v) is 5.04. The molecule has 0 amide bonds. The Morgan fingerprint density at radius 1 is 1.23 bits per heavy atom. The molecule has 3 rings (SSSR count). The third kappa shape index (κ3) is 2.65. The first-order valence-electron chi connectivity index (χ1n) is 6.74. The van der Waals surface area contributed by atoms with Gasteiger partial charge in [-0.1, -0.05) is 0 Å². The van der Waals surface area contributed by atoms with E-state index in [1.54, 1.807) is 30.3 Å². The number of ether oxygens (including phenoxy) is 1. The molecule has 5 heteroatoms. The molecule has 0 radical (unpaired) electrons. The number of hydrogen-bond donors (Lipinski definition) is 1. The Morgan fingerprint density at radius 3 is 2.64 bits per heavy atom. The first-order chi connectivity index (χ1) is 10.5. The Hall–Kier alpha value is -2.82. The number of aryl methyl sites for hydroxylation is 1. The van der Waals surface area contributed by atoms with Crippen LogP contribution in [0.2, 0.25) is 0 Å². The summed E-state index contributed by atoms with van der Waals surface area (Å²) in [6.07, 6.45) is 1.90. The van der Waals surface area contributed by atoms with E-state index in [1.165, 1.54) is 12.1 Å². The molecule has 0 aliphatic heterocycles. The zero-order chi connectivity index (χ0) is 15.7. The molecule has 0 aliphatic carbocycles. The molecule has 0 spiro atoms. The van der Waals surface area contributed by atoms with Crippen molar-refractivity contribution in [3.63, 3.8) is 0 Å². The van der Waals surface area contributed by atoms with Crippen molar-refractivity contribution in [3.05, 3.63) is 65.6 Å². The lowest BCUT2D eigenvalue weighted by molar-refractivity contribution is 0.0697. The number of hydrogen-bond acceptors (Lipinski definition) is 2. The minimum atomic E-state index is -0.962. The SMILES string of the molecule is Cn1cc(COc2ccc(F)cc2)c2cc(C(=O)O)ccc21. The third-order valence-electron chi connectivity index (χ3n) is 3.53. The predicted molar refractivity (Wildman–Crippen MR) is 80.6 cm³/mol. The molecule has 0 unspecified atom stereocenters. The quantitative estimate of drug-likeness (QED) is 0.801. The van der Waals surface area contributed by atoms with Gasteiger partial charge in [0.2, 0.25) is 0 Å². The molecule has 0 aliphatic rings. The van der Waals surface area contributed by atoms with E-state index in [1.807, 2.05) is 17.8 Å². The van der Waals surface area contributed by atoms with Gasteiger partial charge in [0.1, 0.15) is 18.2 Å². The molecule has 1 heterocycles. The first kappa shape index (κ1) is 14.1. The molecule has 1 aromatic heterocycles. The van der Waals surface area contributed by atoms with Crippen LogP contribution in [0.4, 0.5) is 4.39 Å². The largest absolute Gasteiger partial charge is 0.489 e. The first-order valence-corrected chi connectivity index (χ1v) is 6.74. The number of halogens is 1. The van der Waals surface area contributed by atoms with Gasteiger partial charge < -0.3 is 14.4 Å². The van der Waals surface area contributed by atoms with E-state index in [0.717, 1.165) is 16.5 Å². The smallest absolute Gasteiger partial charge is 0.335 e. The van der Waals surface area contributed by atoms with E-state index >= 15 is 0 Å². The Balaban J connectivity index is 1.91. The lowest BCUT2D eigenvalue weighted by Crippen LogP contribution is -1.97. The zero-order valence-electron chi connectivity index (χ0n) is 11.9. The number of nitrogens with zero attached hydrogens (tertiary/aromatic N) is 1. The van der Waals surface area contributed by atoms with Gasteiger partial charge in [-0.05, 0) is 42.5 Å². The van der Waals surface area contributed by atoms with Gasteiger partial charge in [0.25, 0.3) is 0 Å². The van der Waals surface area contributed by atoms with Crippen LogP contribution in [0, 0.1) is 5.82 Å². The third-order valence-corrected chi connectivity index (χ3v) is 3.53. The van der Waals surface area contributed by atoms with Gasteiger partial charge in [-0.2, -0.15) is 0 Å². The van der Waals surface area contributed by atoms with Gasteiger partial charge in [-0.25, -0.2) is 9.18 Å². The molecule has 3 aromatic rings. The highest BCUT2D eigenvalue weighted by Gasteiger charge is 2.11. The maximum Gasteiger partial charge on any atom is 0.335 e. The minimum Gasteiger partial charge on any atom is -0.489 e. The summed E-state index contributed by atoms with van der Waals surface area (Å²) in [6.45, 7) is 0.284. The number of carboxylic acid groups (broad SMARTS) is 1. The lowest BCUT2D eigenvalue weighted by atomic mass is 10.1. The van der Waals surface area contributed by atoms with Gasteiger partial charge >= 0.3 is 5.97 Å². The average molecular weight is 299 g/mol. The molecule has 1 N–H and O–H groups in total. The normalized spacial score (nSPS) is 10.8. The highest BCUT2D eigenvalue weighted by molar-refractivity contribution is 5.94. The lowest BCUT2D eigenvalue weighted by Gasteiger charge is -2.05. The van der Waals surface area contributed by atoms with Crippen molar-refractivity contribution in [2.24, 2.45) is 7.05 Å². The summed E-state index contributed by atoms with van der Waals surface area (Å²) in [5.41, 5.74) is 2.05. The molecule has 4 nitrogen and oxygen atoms in total. The van der Waals surface area contributed by atoms with E-state index in [-0.39, 0.29) is 18.0 Å². The summed E-state index contributed by atoms with van der Waals surface area (Å²) in [6, 6.07) is 10.8. The van der Waals surface area contributed by atoms with Crippen molar-refractivity contribution < 1.29 is 19.0 Å². The summed E-state index contributed by atoms with van der Waals surface area (Å²) < 4.78 is 20.4. The number of carboxylic acids is 1. The van der Waals surface area contributed by atoms with E-state index < -0.39 is 5.97 Å². The molecule has 0 fully saturated rings. The van der Waals surface area contributed by atoms with Crippen molar-refractivity contribution in [3.8, 4) is 5.75 Å².